The molecule has 4 N–H and O–H groups in total. The summed E-state index contributed by atoms with van der Waals surface area (Å²) in [6.07, 6.45) is 6.54. The van der Waals surface area contributed by atoms with E-state index in [9.17, 15) is 9.59 Å². The highest BCUT2D eigenvalue weighted by Crippen LogP contribution is 2.27. The first-order chi connectivity index (χ1) is 10.1. The van der Waals surface area contributed by atoms with E-state index in [4.69, 9.17) is 10.5 Å². The summed E-state index contributed by atoms with van der Waals surface area (Å²) in [4.78, 5) is 23.8. The van der Waals surface area contributed by atoms with E-state index in [1.165, 1.54) is 25.7 Å². The van der Waals surface area contributed by atoms with Crippen molar-refractivity contribution in [3.05, 3.63) is 0 Å². The van der Waals surface area contributed by atoms with Crippen molar-refractivity contribution < 1.29 is 14.3 Å². The highest BCUT2D eigenvalue weighted by molar-refractivity contribution is 5.86. The van der Waals surface area contributed by atoms with Crippen LogP contribution in [-0.4, -0.2) is 43.7 Å². The van der Waals surface area contributed by atoms with Crippen LogP contribution >= 0.6 is 0 Å². The molecule has 0 radical (unpaired) electrons. The monoisotopic (exact) mass is 297 g/mol. The van der Waals surface area contributed by atoms with Crippen molar-refractivity contribution in [2.24, 2.45) is 11.7 Å². The number of nitrogens with one attached hydrogen (secondary N) is 2. The summed E-state index contributed by atoms with van der Waals surface area (Å²) in [6.45, 7) is 1.95. The van der Waals surface area contributed by atoms with Gasteiger partial charge in [0.15, 0.2) is 0 Å². The van der Waals surface area contributed by atoms with Crippen molar-refractivity contribution in [2.45, 2.75) is 50.5 Å². The van der Waals surface area contributed by atoms with Crippen molar-refractivity contribution in [1.29, 1.82) is 0 Å². The second-order valence-electron chi connectivity index (χ2n) is 6.23. The van der Waals surface area contributed by atoms with Gasteiger partial charge in [0.1, 0.15) is 0 Å². The van der Waals surface area contributed by atoms with Gasteiger partial charge in [0.05, 0.1) is 5.54 Å². The Morgan fingerprint density at radius 3 is 2.38 bits per heavy atom. The van der Waals surface area contributed by atoms with Gasteiger partial charge in [-0.25, -0.2) is 0 Å². The van der Waals surface area contributed by atoms with E-state index in [0.29, 0.717) is 51.5 Å². The third kappa shape index (κ3) is 4.97. The lowest BCUT2D eigenvalue weighted by atomic mass is 9.90. The number of hydrogen-bond donors (Lipinski definition) is 3. The lowest BCUT2D eigenvalue weighted by molar-refractivity contribution is -0.130. The van der Waals surface area contributed by atoms with E-state index in [2.05, 4.69) is 10.6 Å². The van der Waals surface area contributed by atoms with Crippen LogP contribution in [0.15, 0.2) is 0 Å². The van der Waals surface area contributed by atoms with Crippen LogP contribution in [0.2, 0.25) is 0 Å². The molecular weight excluding hydrogens is 270 g/mol. The number of amides is 2. The summed E-state index contributed by atoms with van der Waals surface area (Å²) in [5.41, 5.74) is 5.26. The lowest BCUT2D eigenvalue weighted by Crippen LogP contribution is -2.57. The van der Waals surface area contributed by atoms with Crippen LogP contribution in [0.25, 0.3) is 0 Å². The minimum Gasteiger partial charge on any atom is -0.381 e. The Kier molecular flexibility index (Phi) is 5.99. The maximum absolute atomic E-state index is 12.0. The van der Waals surface area contributed by atoms with Crippen LogP contribution in [0.4, 0.5) is 0 Å². The van der Waals surface area contributed by atoms with E-state index >= 15 is 0 Å². The zero-order valence-corrected chi connectivity index (χ0v) is 12.7. The molecule has 2 fully saturated rings. The molecule has 1 aliphatic carbocycles. The molecule has 2 aliphatic rings. The Morgan fingerprint density at radius 1 is 1.10 bits per heavy atom. The van der Waals surface area contributed by atoms with E-state index < -0.39 is 5.54 Å². The van der Waals surface area contributed by atoms with Crippen LogP contribution in [0.3, 0.4) is 0 Å². The molecule has 0 aromatic carbocycles. The van der Waals surface area contributed by atoms with Crippen molar-refractivity contribution in [3.63, 3.8) is 0 Å². The van der Waals surface area contributed by atoms with Gasteiger partial charge in [0.2, 0.25) is 11.8 Å². The topological polar surface area (TPSA) is 93.5 Å². The van der Waals surface area contributed by atoms with Crippen molar-refractivity contribution in [1.82, 2.24) is 10.6 Å². The van der Waals surface area contributed by atoms with Crippen LogP contribution in [0.1, 0.15) is 44.9 Å². The van der Waals surface area contributed by atoms with E-state index in [0.717, 1.165) is 0 Å². The molecule has 1 saturated carbocycles. The fourth-order valence-corrected chi connectivity index (χ4v) is 3.07. The molecule has 2 rings (SSSR count). The number of rotatable bonds is 6. The number of hydrogen-bond acceptors (Lipinski definition) is 4. The molecule has 6 nitrogen and oxygen atoms in total. The van der Waals surface area contributed by atoms with Gasteiger partial charge in [-0.05, 0) is 31.6 Å². The van der Waals surface area contributed by atoms with Gasteiger partial charge >= 0.3 is 0 Å². The largest absolute Gasteiger partial charge is 0.381 e. The maximum Gasteiger partial charge on any atom is 0.240 e. The van der Waals surface area contributed by atoms with Gasteiger partial charge in [-0.15, -0.1) is 0 Å². The Labute approximate surface area is 126 Å². The summed E-state index contributed by atoms with van der Waals surface area (Å²) in [5, 5.41) is 5.67. The smallest absolute Gasteiger partial charge is 0.240 e. The van der Waals surface area contributed by atoms with Gasteiger partial charge in [-0.2, -0.15) is 0 Å². The highest BCUT2D eigenvalue weighted by Gasteiger charge is 2.35. The molecule has 1 saturated heterocycles. The summed E-state index contributed by atoms with van der Waals surface area (Å²) < 4.78 is 5.22. The molecular formula is C15H27N3O3. The standard InChI is InChI=1S/C15H27N3O3/c16-15(5-9-21-10-6-15)14(20)18-8-7-17-13(19)11-12-3-1-2-4-12/h12H,1-11,16H2,(H,17,19)(H,18,20). The molecule has 0 aromatic rings. The minimum absolute atomic E-state index is 0.0877. The fraction of sp³-hybridized carbons (Fsp3) is 0.867. The van der Waals surface area contributed by atoms with Crippen LogP contribution < -0.4 is 16.4 Å². The van der Waals surface area contributed by atoms with E-state index in [-0.39, 0.29) is 11.8 Å². The second kappa shape index (κ2) is 7.75. The number of ether oxygens (including phenoxy) is 1. The van der Waals surface area contributed by atoms with Crippen molar-refractivity contribution >= 4 is 11.8 Å². The average molecular weight is 297 g/mol. The SMILES string of the molecule is NC1(C(=O)NCCNC(=O)CC2CCCC2)CCOCC1. The zero-order chi connectivity index (χ0) is 15.1. The predicted molar refractivity (Wildman–Crippen MR) is 79.6 cm³/mol. The molecule has 2 amide bonds. The summed E-state index contributed by atoms with van der Waals surface area (Å²) in [7, 11) is 0. The molecule has 1 heterocycles. The summed E-state index contributed by atoms with van der Waals surface area (Å²) in [6, 6.07) is 0. The first kappa shape index (κ1) is 16.2. The van der Waals surface area contributed by atoms with Gasteiger partial charge in [-0.3, -0.25) is 9.59 Å². The number of carbonyl (C=O) groups excluding carboxylic acids is 2. The van der Waals surface area contributed by atoms with E-state index in [1.807, 2.05) is 0 Å². The summed E-state index contributed by atoms with van der Waals surface area (Å²) in [5.74, 6) is 0.495. The number of carbonyl (C=O) groups is 2. The van der Waals surface area contributed by atoms with Gasteiger partial charge in [0.25, 0.3) is 0 Å². The molecule has 120 valence electrons. The molecule has 6 heteroatoms. The Bertz CT molecular complexity index is 361. The maximum atomic E-state index is 12.0. The average Bonchev–Trinajstić information content (AvgIpc) is 2.97. The van der Waals surface area contributed by atoms with Crippen molar-refractivity contribution in [2.75, 3.05) is 26.3 Å². The van der Waals surface area contributed by atoms with Crippen LogP contribution in [-0.2, 0) is 14.3 Å². The van der Waals surface area contributed by atoms with Crippen LogP contribution in [0, 0.1) is 5.92 Å². The third-order valence-electron chi connectivity index (χ3n) is 4.52. The minimum atomic E-state index is -0.813. The fourth-order valence-electron chi connectivity index (χ4n) is 3.07. The van der Waals surface area contributed by atoms with Crippen LogP contribution in [0.5, 0.6) is 0 Å². The molecule has 0 spiro atoms. The highest BCUT2D eigenvalue weighted by atomic mass is 16.5. The second-order valence-corrected chi connectivity index (χ2v) is 6.23. The molecule has 0 unspecified atom stereocenters. The molecule has 0 aromatic heterocycles. The quantitative estimate of drug-likeness (QED) is 0.615. The van der Waals surface area contributed by atoms with Gasteiger partial charge in [0, 0.05) is 32.7 Å². The normalized spacial score (nSPS) is 22.0. The number of nitrogens with two attached hydrogens (primary N) is 1. The molecule has 1 aliphatic heterocycles. The predicted octanol–water partition coefficient (Wildman–Crippen LogP) is 0.307. The Balaban J connectivity index is 1.58. The Hall–Kier alpha value is -1.14. The summed E-state index contributed by atoms with van der Waals surface area (Å²) >= 11 is 0. The molecule has 21 heavy (non-hydrogen) atoms. The van der Waals surface area contributed by atoms with Crippen molar-refractivity contribution in [3.8, 4) is 0 Å². The zero-order valence-electron chi connectivity index (χ0n) is 12.7. The van der Waals surface area contributed by atoms with Gasteiger partial charge < -0.3 is 21.1 Å². The lowest BCUT2D eigenvalue weighted by Gasteiger charge is -2.31. The first-order valence-electron chi connectivity index (χ1n) is 8.02. The van der Waals surface area contributed by atoms with Gasteiger partial charge in [-0.1, -0.05) is 12.8 Å². The Morgan fingerprint density at radius 2 is 1.71 bits per heavy atom. The molecule has 0 atom stereocenters. The molecule has 0 bridgehead atoms. The third-order valence-corrected chi connectivity index (χ3v) is 4.52. The van der Waals surface area contributed by atoms with E-state index in [1.54, 1.807) is 0 Å². The first-order valence-corrected chi connectivity index (χ1v) is 8.02.